The standard InChI is InChI=1S/C29H29N3O2/c1-20(2)17-18-34-24-15-13-23(14-16-24)28-25-26(22-11-7-4-8-12-22)30-31-27(25)29(33)32(28)19-21-9-5-3-6-10-21/h3-16,20,28H,17-19H2,1-2H3,(H,30,31). The van der Waals surface area contributed by atoms with E-state index in [-0.39, 0.29) is 11.9 Å². The van der Waals surface area contributed by atoms with Crippen molar-refractivity contribution in [3.05, 3.63) is 107 Å². The third kappa shape index (κ3) is 4.34. The number of nitrogens with one attached hydrogen (secondary N) is 1. The number of carbonyl (C=O) groups is 1. The number of benzene rings is 3. The number of aromatic nitrogens is 2. The molecule has 1 N–H and O–H groups in total. The van der Waals surface area contributed by atoms with Crippen LogP contribution in [0.1, 0.15) is 53.5 Å². The molecule has 0 fully saturated rings. The Balaban J connectivity index is 1.52. The number of rotatable bonds is 8. The van der Waals surface area contributed by atoms with Gasteiger partial charge in [0, 0.05) is 17.7 Å². The second-order valence-electron chi connectivity index (χ2n) is 9.15. The first kappa shape index (κ1) is 22.0. The third-order valence-corrected chi connectivity index (χ3v) is 6.27. The highest BCUT2D eigenvalue weighted by atomic mass is 16.5. The molecule has 34 heavy (non-hydrogen) atoms. The van der Waals surface area contributed by atoms with Crippen LogP contribution in [-0.4, -0.2) is 27.6 Å². The van der Waals surface area contributed by atoms with Crippen LogP contribution in [0.2, 0.25) is 0 Å². The van der Waals surface area contributed by atoms with Gasteiger partial charge in [-0.1, -0.05) is 86.6 Å². The molecule has 0 spiro atoms. The van der Waals surface area contributed by atoms with Gasteiger partial charge in [-0.2, -0.15) is 5.10 Å². The number of aromatic amines is 1. The van der Waals surface area contributed by atoms with Gasteiger partial charge < -0.3 is 9.64 Å². The molecule has 1 aliphatic heterocycles. The van der Waals surface area contributed by atoms with E-state index in [4.69, 9.17) is 4.74 Å². The smallest absolute Gasteiger partial charge is 0.273 e. The summed E-state index contributed by atoms with van der Waals surface area (Å²) >= 11 is 0. The normalized spacial score (nSPS) is 15.1. The SMILES string of the molecule is CC(C)CCOc1ccc(C2c3c(-c4ccccc4)n[nH]c3C(=O)N2Cc2ccccc2)cc1. The Labute approximate surface area is 200 Å². The van der Waals surface area contributed by atoms with Crippen LogP contribution in [0.25, 0.3) is 11.3 Å². The number of H-pyrrole nitrogens is 1. The van der Waals surface area contributed by atoms with Crippen molar-refractivity contribution in [3.8, 4) is 17.0 Å². The Kier molecular flexibility index (Phi) is 6.17. The van der Waals surface area contributed by atoms with Crippen molar-refractivity contribution in [2.45, 2.75) is 32.9 Å². The molecule has 1 amide bonds. The summed E-state index contributed by atoms with van der Waals surface area (Å²) in [6, 6.07) is 28.0. The fourth-order valence-electron chi connectivity index (χ4n) is 4.46. The molecule has 4 aromatic rings. The predicted molar refractivity (Wildman–Crippen MR) is 134 cm³/mol. The van der Waals surface area contributed by atoms with Crippen LogP contribution in [0.5, 0.6) is 5.75 Å². The van der Waals surface area contributed by atoms with E-state index in [9.17, 15) is 4.79 Å². The topological polar surface area (TPSA) is 58.2 Å². The van der Waals surface area contributed by atoms with Gasteiger partial charge in [-0.25, -0.2) is 0 Å². The van der Waals surface area contributed by atoms with E-state index in [2.05, 4.69) is 48.3 Å². The van der Waals surface area contributed by atoms with E-state index >= 15 is 0 Å². The van der Waals surface area contributed by atoms with Crippen molar-refractivity contribution in [3.63, 3.8) is 0 Å². The average Bonchev–Trinajstić information content (AvgIpc) is 3.40. The van der Waals surface area contributed by atoms with E-state index in [1.165, 1.54) is 0 Å². The number of nitrogens with zero attached hydrogens (tertiary/aromatic N) is 2. The van der Waals surface area contributed by atoms with Crippen LogP contribution in [0.15, 0.2) is 84.9 Å². The second-order valence-corrected chi connectivity index (χ2v) is 9.15. The monoisotopic (exact) mass is 451 g/mol. The van der Waals surface area contributed by atoms with Crippen LogP contribution in [0.4, 0.5) is 0 Å². The first-order chi connectivity index (χ1) is 16.6. The summed E-state index contributed by atoms with van der Waals surface area (Å²) in [6.07, 6.45) is 1.02. The molecule has 1 atom stereocenters. The molecule has 3 aromatic carbocycles. The lowest BCUT2D eigenvalue weighted by atomic mass is 9.96. The van der Waals surface area contributed by atoms with Crippen LogP contribution >= 0.6 is 0 Å². The maximum atomic E-state index is 13.5. The molecule has 1 aliphatic rings. The molecule has 2 heterocycles. The molecule has 0 saturated heterocycles. The molecule has 0 aliphatic carbocycles. The minimum Gasteiger partial charge on any atom is -0.494 e. The lowest BCUT2D eigenvalue weighted by molar-refractivity contribution is 0.0730. The second kappa shape index (κ2) is 9.56. The Hall–Kier alpha value is -3.86. The van der Waals surface area contributed by atoms with Crippen LogP contribution in [0, 0.1) is 5.92 Å². The molecular formula is C29H29N3O2. The van der Waals surface area contributed by atoms with Gasteiger partial charge in [-0.3, -0.25) is 9.89 Å². The number of amides is 1. The summed E-state index contributed by atoms with van der Waals surface area (Å²) in [5.74, 6) is 1.42. The van der Waals surface area contributed by atoms with Crippen LogP contribution in [-0.2, 0) is 6.54 Å². The fraction of sp³-hybridized carbons (Fsp3) is 0.241. The summed E-state index contributed by atoms with van der Waals surface area (Å²) in [5.41, 5.74) is 5.44. The summed E-state index contributed by atoms with van der Waals surface area (Å²) < 4.78 is 5.93. The summed E-state index contributed by atoms with van der Waals surface area (Å²) in [7, 11) is 0. The Bertz CT molecular complexity index is 1250. The number of carbonyl (C=O) groups excluding carboxylic acids is 1. The van der Waals surface area contributed by atoms with Gasteiger partial charge in [0.15, 0.2) is 0 Å². The number of fused-ring (bicyclic) bond motifs is 1. The number of ether oxygens (including phenoxy) is 1. The van der Waals surface area contributed by atoms with Gasteiger partial charge in [0.1, 0.15) is 11.4 Å². The van der Waals surface area contributed by atoms with E-state index in [0.717, 1.165) is 40.1 Å². The van der Waals surface area contributed by atoms with Crippen molar-refractivity contribution < 1.29 is 9.53 Å². The molecule has 0 saturated carbocycles. The highest BCUT2D eigenvalue weighted by molar-refractivity contribution is 6.00. The molecule has 172 valence electrons. The van der Waals surface area contributed by atoms with E-state index in [0.29, 0.717) is 24.8 Å². The van der Waals surface area contributed by atoms with Gasteiger partial charge >= 0.3 is 0 Å². The fourth-order valence-corrected chi connectivity index (χ4v) is 4.46. The highest BCUT2D eigenvalue weighted by Crippen LogP contribution is 2.43. The zero-order valence-electron chi connectivity index (χ0n) is 19.6. The first-order valence-corrected chi connectivity index (χ1v) is 11.8. The Morgan fingerprint density at radius 3 is 2.29 bits per heavy atom. The van der Waals surface area contributed by atoms with E-state index in [1.807, 2.05) is 65.6 Å². The highest BCUT2D eigenvalue weighted by Gasteiger charge is 2.42. The van der Waals surface area contributed by atoms with Gasteiger partial charge in [0.2, 0.25) is 0 Å². The number of hydrogen-bond acceptors (Lipinski definition) is 3. The van der Waals surface area contributed by atoms with Gasteiger partial charge in [-0.15, -0.1) is 0 Å². The zero-order valence-corrected chi connectivity index (χ0v) is 19.6. The van der Waals surface area contributed by atoms with Gasteiger partial charge in [0.05, 0.1) is 18.3 Å². The maximum absolute atomic E-state index is 13.5. The van der Waals surface area contributed by atoms with Crippen molar-refractivity contribution in [2.24, 2.45) is 5.92 Å². The molecule has 5 rings (SSSR count). The van der Waals surface area contributed by atoms with Crippen molar-refractivity contribution >= 4 is 5.91 Å². The molecular weight excluding hydrogens is 422 g/mol. The lowest BCUT2D eigenvalue weighted by Crippen LogP contribution is -2.29. The predicted octanol–water partition coefficient (Wildman–Crippen LogP) is 6.25. The Morgan fingerprint density at radius 1 is 0.941 bits per heavy atom. The van der Waals surface area contributed by atoms with Gasteiger partial charge in [0.25, 0.3) is 5.91 Å². The van der Waals surface area contributed by atoms with Crippen molar-refractivity contribution in [2.75, 3.05) is 6.61 Å². The summed E-state index contributed by atoms with van der Waals surface area (Å²) in [4.78, 5) is 15.5. The number of hydrogen-bond donors (Lipinski definition) is 1. The molecule has 0 bridgehead atoms. The summed E-state index contributed by atoms with van der Waals surface area (Å²) in [5, 5.41) is 7.59. The van der Waals surface area contributed by atoms with Gasteiger partial charge in [-0.05, 0) is 35.6 Å². The molecule has 1 aromatic heterocycles. The van der Waals surface area contributed by atoms with Crippen molar-refractivity contribution in [1.82, 2.24) is 15.1 Å². The maximum Gasteiger partial charge on any atom is 0.273 e. The molecule has 0 radical (unpaired) electrons. The minimum atomic E-state index is -0.235. The molecule has 5 heteroatoms. The van der Waals surface area contributed by atoms with Crippen molar-refractivity contribution in [1.29, 1.82) is 0 Å². The van der Waals surface area contributed by atoms with Crippen LogP contribution < -0.4 is 4.74 Å². The zero-order chi connectivity index (χ0) is 23.5. The lowest BCUT2D eigenvalue weighted by Gasteiger charge is -2.26. The minimum absolute atomic E-state index is 0.0317. The largest absolute Gasteiger partial charge is 0.494 e. The third-order valence-electron chi connectivity index (χ3n) is 6.27. The Morgan fingerprint density at radius 2 is 1.62 bits per heavy atom. The first-order valence-electron chi connectivity index (χ1n) is 11.8. The van der Waals surface area contributed by atoms with Crippen LogP contribution in [0.3, 0.4) is 0 Å². The quantitative estimate of drug-likeness (QED) is 0.345. The average molecular weight is 452 g/mol. The summed E-state index contributed by atoms with van der Waals surface area (Å²) in [6.45, 7) is 5.60. The van der Waals surface area contributed by atoms with E-state index < -0.39 is 0 Å². The van der Waals surface area contributed by atoms with E-state index in [1.54, 1.807) is 0 Å². The molecule has 1 unspecified atom stereocenters. The molecule has 5 nitrogen and oxygen atoms in total.